The zero-order valence-electron chi connectivity index (χ0n) is 17.5. The van der Waals surface area contributed by atoms with Crippen molar-refractivity contribution in [1.82, 2.24) is 15.5 Å². The first-order chi connectivity index (χ1) is 13.9. The second-order valence-corrected chi connectivity index (χ2v) is 8.13. The maximum Gasteiger partial charge on any atom is 0.220 e. The van der Waals surface area contributed by atoms with Gasteiger partial charge in [0.1, 0.15) is 0 Å². The molecule has 1 aromatic heterocycles. The molecule has 2 atom stereocenters. The SMILES string of the molecule is Cc1cccc([C@@H](C)Nc2nnc(C)c3ccc(C4CCNC(=O)C4)cc23)c1C. The van der Waals surface area contributed by atoms with Crippen molar-refractivity contribution < 1.29 is 4.79 Å². The third kappa shape index (κ3) is 3.82. The molecule has 0 radical (unpaired) electrons. The molecule has 150 valence electrons. The second kappa shape index (κ2) is 7.82. The predicted molar refractivity (Wildman–Crippen MR) is 117 cm³/mol. The number of amides is 1. The molecule has 0 aliphatic carbocycles. The van der Waals surface area contributed by atoms with Gasteiger partial charge in [-0.1, -0.05) is 30.3 Å². The average molecular weight is 389 g/mol. The summed E-state index contributed by atoms with van der Waals surface area (Å²) in [5.74, 6) is 1.18. The minimum Gasteiger partial charge on any atom is -0.362 e. The maximum atomic E-state index is 11.8. The van der Waals surface area contributed by atoms with Crippen molar-refractivity contribution >= 4 is 22.5 Å². The number of nitrogens with zero attached hydrogens (tertiary/aromatic N) is 2. The lowest BCUT2D eigenvalue weighted by atomic mass is 9.88. The quantitative estimate of drug-likeness (QED) is 0.678. The fraction of sp³-hybridized carbons (Fsp3) is 0.375. The van der Waals surface area contributed by atoms with Gasteiger partial charge in [-0.15, -0.1) is 5.10 Å². The number of aryl methyl sites for hydroxylation is 2. The minimum absolute atomic E-state index is 0.110. The molecule has 1 amide bonds. The fourth-order valence-electron chi connectivity index (χ4n) is 4.26. The van der Waals surface area contributed by atoms with E-state index in [1.54, 1.807) is 0 Å². The second-order valence-electron chi connectivity index (χ2n) is 8.13. The lowest BCUT2D eigenvalue weighted by molar-refractivity contribution is -0.122. The number of rotatable bonds is 4. The van der Waals surface area contributed by atoms with Crippen LogP contribution < -0.4 is 10.6 Å². The summed E-state index contributed by atoms with van der Waals surface area (Å²) in [5, 5.41) is 17.5. The predicted octanol–water partition coefficient (Wildman–Crippen LogP) is 4.72. The number of aromatic nitrogens is 2. The van der Waals surface area contributed by atoms with Gasteiger partial charge in [-0.3, -0.25) is 4.79 Å². The summed E-state index contributed by atoms with van der Waals surface area (Å²) in [6.07, 6.45) is 1.51. The summed E-state index contributed by atoms with van der Waals surface area (Å²) in [4.78, 5) is 11.8. The lowest BCUT2D eigenvalue weighted by Crippen LogP contribution is -2.32. The van der Waals surface area contributed by atoms with Crippen molar-refractivity contribution in [3.05, 3.63) is 64.3 Å². The molecule has 0 spiro atoms. The number of piperidine rings is 1. The third-order valence-electron chi connectivity index (χ3n) is 6.17. The van der Waals surface area contributed by atoms with Crippen molar-refractivity contribution in [3.8, 4) is 0 Å². The van der Waals surface area contributed by atoms with Gasteiger partial charge in [-0.2, -0.15) is 5.10 Å². The van der Waals surface area contributed by atoms with Crippen LogP contribution in [0, 0.1) is 20.8 Å². The molecular formula is C24H28N4O. The number of hydrogen-bond donors (Lipinski definition) is 2. The van der Waals surface area contributed by atoms with Crippen LogP contribution in [0.1, 0.15) is 59.7 Å². The molecule has 29 heavy (non-hydrogen) atoms. The van der Waals surface area contributed by atoms with Crippen LogP contribution in [0.15, 0.2) is 36.4 Å². The van der Waals surface area contributed by atoms with Gasteiger partial charge in [0.25, 0.3) is 0 Å². The summed E-state index contributed by atoms with van der Waals surface area (Å²) >= 11 is 0. The van der Waals surface area contributed by atoms with Gasteiger partial charge < -0.3 is 10.6 Å². The highest BCUT2D eigenvalue weighted by molar-refractivity contribution is 5.93. The van der Waals surface area contributed by atoms with Crippen LogP contribution >= 0.6 is 0 Å². The Labute approximate surface area is 171 Å². The smallest absolute Gasteiger partial charge is 0.220 e. The molecule has 0 bridgehead atoms. The van der Waals surface area contributed by atoms with E-state index in [0.717, 1.165) is 35.2 Å². The van der Waals surface area contributed by atoms with Crippen LogP contribution in [-0.4, -0.2) is 22.6 Å². The minimum atomic E-state index is 0.110. The molecule has 0 saturated carbocycles. The molecular weight excluding hydrogens is 360 g/mol. The van der Waals surface area contributed by atoms with Crippen LogP contribution in [0.5, 0.6) is 0 Å². The van der Waals surface area contributed by atoms with Gasteiger partial charge in [0.2, 0.25) is 5.91 Å². The number of nitrogens with one attached hydrogen (secondary N) is 2. The molecule has 1 unspecified atom stereocenters. The van der Waals surface area contributed by atoms with Crippen LogP contribution in [0.3, 0.4) is 0 Å². The summed E-state index contributed by atoms with van der Waals surface area (Å²) in [5.41, 5.74) is 5.96. The first kappa shape index (κ1) is 19.4. The molecule has 5 heteroatoms. The molecule has 5 nitrogen and oxygen atoms in total. The lowest BCUT2D eigenvalue weighted by Gasteiger charge is -2.23. The Morgan fingerprint density at radius 1 is 1.10 bits per heavy atom. The Balaban J connectivity index is 1.71. The van der Waals surface area contributed by atoms with Crippen molar-refractivity contribution in [2.45, 2.75) is 52.5 Å². The first-order valence-electron chi connectivity index (χ1n) is 10.3. The number of carbonyl (C=O) groups is 1. The Morgan fingerprint density at radius 2 is 1.93 bits per heavy atom. The van der Waals surface area contributed by atoms with E-state index < -0.39 is 0 Å². The van der Waals surface area contributed by atoms with E-state index in [2.05, 4.69) is 78.0 Å². The van der Waals surface area contributed by atoms with Crippen molar-refractivity contribution in [2.24, 2.45) is 0 Å². The molecule has 1 fully saturated rings. The number of hydrogen-bond acceptors (Lipinski definition) is 4. The van der Waals surface area contributed by atoms with E-state index in [1.165, 1.54) is 22.3 Å². The standard InChI is InChI=1S/C24H28N4O/c1-14-6-5-7-20(15(14)2)16(3)26-24-22-12-18(19-10-11-25-23(29)13-19)8-9-21(22)17(4)27-28-24/h5-9,12,16,19H,10-11,13H2,1-4H3,(H,25,29)(H,26,28)/t16-,19?/m1/s1. The normalized spacial score (nSPS) is 17.8. The van der Waals surface area contributed by atoms with E-state index >= 15 is 0 Å². The van der Waals surface area contributed by atoms with Crippen molar-refractivity contribution in [1.29, 1.82) is 0 Å². The van der Waals surface area contributed by atoms with E-state index in [0.29, 0.717) is 6.42 Å². The van der Waals surface area contributed by atoms with E-state index in [9.17, 15) is 4.79 Å². The number of benzene rings is 2. The van der Waals surface area contributed by atoms with E-state index in [4.69, 9.17) is 0 Å². The van der Waals surface area contributed by atoms with Crippen molar-refractivity contribution in [3.63, 3.8) is 0 Å². The molecule has 2 aromatic carbocycles. The van der Waals surface area contributed by atoms with Crippen LogP contribution in [-0.2, 0) is 4.79 Å². The van der Waals surface area contributed by atoms with Gasteiger partial charge in [0.15, 0.2) is 5.82 Å². The van der Waals surface area contributed by atoms with Gasteiger partial charge in [-0.05, 0) is 68.4 Å². The van der Waals surface area contributed by atoms with Crippen LogP contribution in [0.2, 0.25) is 0 Å². The summed E-state index contributed by atoms with van der Waals surface area (Å²) in [7, 11) is 0. The van der Waals surface area contributed by atoms with Gasteiger partial charge in [-0.25, -0.2) is 0 Å². The fourth-order valence-corrected chi connectivity index (χ4v) is 4.26. The Kier molecular flexibility index (Phi) is 5.22. The molecule has 1 aliphatic rings. The summed E-state index contributed by atoms with van der Waals surface area (Å²) in [6, 6.07) is 13.0. The van der Waals surface area contributed by atoms with Crippen molar-refractivity contribution in [2.75, 3.05) is 11.9 Å². The average Bonchev–Trinajstić information content (AvgIpc) is 2.72. The van der Waals surface area contributed by atoms with Crippen LogP contribution in [0.25, 0.3) is 10.8 Å². The first-order valence-corrected chi connectivity index (χ1v) is 10.3. The maximum absolute atomic E-state index is 11.8. The molecule has 2 N–H and O–H groups in total. The highest BCUT2D eigenvalue weighted by Crippen LogP contribution is 2.33. The molecule has 1 saturated heterocycles. The molecule has 3 aromatic rings. The highest BCUT2D eigenvalue weighted by Gasteiger charge is 2.22. The summed E-state index contributed by atoms with van der Waals surface area (Å²) in [6.45, 7) is 9.18. The van der Waals surface area contributed by atoms with E-state index in [1.807, 2.05) is 6.92 Å². The number of carbonyl (C=O) groups excluding carboxylic acids is 1. The zero-order valence-corrected chi connectivity index (χ0v) is 17.5. The van der Waals surface area contributed by atoms with E-state index in [-0.39, 0.29) is 17.9 Å². The Bertz CT molecular complexity index is 1080. The topological polar surface area (TPSA) is 66.9 Å². The monoisotopic (exact) mass is 388 g/mol. The van der Waals surface area contributed by atoms with Crippen LogP contribution in [0.4, 0.5) is 5.82 Å². The number of fused-ring (bicyclic) bond motifs is 1. The largest absolute Gasteiger partial charge is 0.362 e. The Morgan fingerprint density at radius 3 is 2.72 bits per heavy atom. The third-order valence-corrected chi connectivity index (χ3v) is 6.17. The zero-order chi connectivity index (χ0) is 20.5. The molecule has 4 rings (SSSR count). The van der Waals surface area contributed by atoms with Gasteiger partial charge in [0, 0.05) is 23.7 Å². The number of anilines is 1. The molecule has 2 heterocycles. The summed E-state index contributed by atoms with van der Waals surface area (Å²) < 4.78 is 0. The van der Waals surface area contributed by atoms with Gasteiger partial charge in [0.05, 0.1) is 11.7 Å². The highest BCUT2D eigenvalue weighted by atomic mass is 16.1. The van der Waals surface area contributed by atoms with Gasteiger partial charge >= 0.3 is 0 Å². The Hall–Kier alpha value is -2.95. The molecule has 1 aliphatic heterocycles.